The van der Waals surface area contributed by atoms with E-state index in [-0.39, 0.29) is 5.82 Å². The quantitative estimate of drug-likeness (QED) is 0.705. The highest BCUT2D eigenvalue weighted by Crippen LogP contribution is 2.32. The summed E-state index contributed by atoms with van der Waals surface area (Å²) in [6.07, 6.45) is 3.20. The van der Waals surface area contributed by atoms with Crippen LogP contribution in [-0.2, 0) is 6.54 Å². The van der Waals surface area contributed by atoms with Crippen LogP contribution in [0, 0.1) is 12.7 Å². The van der Waals surface area contributed by atoms with Gasteiger partial charge in [-0.15, -0.1) is 0 Å². The van der Waals surface area contributed by atoms with E-state index in [2.05, 4.69) is 21.3 Å². The molecule has 2 aliphatic rings. The first kappa shape index (κ1) is 19.1. The first-order chi connectivity index (χ1) is 14.7. The van der Waals surface area contributed by atoms with Crippen molar-refractivity contribution in [2.75, 3.05) is 24.8 Å². The van der Waals surface area contributed by atoms with Crippen molar-refractivity contribution in [3.63, 3.8) is 0 Å². The van der Waals surface area contributed by atoms with Gasteiger partial charge in [0.1, 0.15) is 5.82 Å². The Morgan fingerprint density at radius 3 is 2.90 bits per heavy atom. The summed E-state index contributed by atoms with van der Waals surface area (Å²) < 4.78 is 24.4. The minimum Gasteiger partial charge on any atom is -0.454 e. The summed E-state index contributed by atoms with van der Waals surface area (Å²) in [5.74, 6) is 2.12. The summed E-state index contributed by atoms with van der Waals surface area (Å²) in [7, 11) is 0. The van der Waals surface area contributed by atoms with Crippen LogP contribution in [0.2, 0.25) is 0 Å². The lowest BCUT2D eigenvalue weighted by Gasteiger charge is -2.21. The Morgan fingerprint density at radius 2 is 1.97 bits per heavy atom. The zero-order chi connectivity index (χ0) is 20.5. The number of fused-ring (bicyclic) bond motifs is 2. The van der Waals surface area contributed by atoms with Gasteiger partial charge in [-0.05, 0) is 62.1 Å². The number of aryl methyl sites for hydroxylation is 1. The second-order valence-corrected chi connectivity index (χ2v) is 7.95. The van der Waals surface area contributed by atoms with Crippen LogP contribution in [0.15, 0.2) is 36.4 Å². The Hall–Kier alpha value is -2.93. The molecule has 6 nitrogen and oxygen atoms in total. The Balaban J connectivity index is 1.23. The molecule has 1 fully saturated rings. The maximum absolute atomic E-state index is 13.5. The van der Waals surface area contributed by atoms with E-state index in [0.29, 0.717) is 12.8 Å². The number of benzene rings is 2. The molecule has 0 bridgehead atoms. The normalized spacial score (nSPS) is 18.6. The van der Waals surface area contributed by atoms with Crippen molar-refractivity contribution >= 4 is 16.9 Å². The highest BCUT2D eigenvalue weighted by Gasteiger charge is 2.20. The molecule has 0 aliphatic carbocycles. The maximum atomic E-state index is 13.5. The fourth-order valence-electron chi connectivity index (χ4n) is 4.19. The van der Waals surface area contributed by atoms with Crippen LogP contribution >= 0.6 is 0 Å². The van der Waals surface area contributed by atoms with E-state index in [1.165, 1.54) is 17.7 Å². The molecular weight excluding hydrogens is 383 g/mol. The summed E-state index contributed by atoms with van der Waals surface area (Å²) in [4.78, 5) is 11.6. The molecule has 0 radical (unpaired) electrons. The van der Waals surface area contributed by atoms with Gasteiger partial charge < -0.3 is 19.7 Å². The summed E-state index contributed by atoms with van der Waals surface area (Å²) in [6.45, 7) is 4.84. The molecule has 1 N–H and O–H groups in total. The molecule has 30 heavy (non-hydrogen) atoms. The Kier molecular flexibility index (Phi) is 5.12. The van der Waals surface area contributed by atoms with E-state index in [4.69, 9.17) is 14.5 Å². The lowest BCUT2D eigenvalue weighted by Crippen LogP contribution is -2.31. The number of hydrogen-bond acceptors (Lipinski definition) is 6. The summed E-state index contributed by atoms with van der Waals surface area (Å²) >= 11 is 0. The van der Waals surface area contributed by atoms with Gasteiger partial charge in [0, 0.05) is 31.1 Å². The van der Waals surface area contributed by atoms with E-state index >= 15 is 0 Å². The van der Waals surface area contributed by atoms with E-state index in [1.54, 1.807) is 6.07 Å². The Morgan fingerprint density at radius 1 is 1.07 bits per heavy atom. The summed E-state index contributed by atoms with van der Waals surface area (Å²) in [5.41, 5.74) is 2.80. The molecule has 2 aromatic carbocycles. The molecule has 3 aromatic rings. The standard InChI is InChI=1S/C23H25FN4O2/c1-15-19-12-17(24)5-6-20(19)27-23(26-15)28-9-2-3-18(8-10-28)25-13-16-4-7-21-22(11-16)30-14-29-21/h4-7,11-12,18,25H,2-3,8-10,13-14H2,1H3. The monoisotopic (exact) mass is 408 g/mol. The first-order valence-electron chi connectivity index (χ1n) is 10.5. The van der Waals surface area contributed by atoms with Crippen LogP contribution < -0.4 is 19.7 Å². The molecule has 0 saturated carbocycles. The van der Waals surface area contributed by atoms with Crippen molar-refractivity contribution in [1.29, 1.82) is 0 Å². The van der Waals surface area contributed by atoms with Crippen molar-refractivity contribution in [3.05, 3.63) is 53.5 Å². The lowest BCUT2D eigenvalue weighted by atomic mass is 10.1. The molecule has 156 valence electrons. The number of nitrogens with one attached hydrogen (secondary N) is 1. The molecule has 5 rings (SSSR count). The Labute approximate surface area is 175 Å². The van der Waals surface area contributed by atoms with Crippen LogP contribution in [0.1, 0.15) is 30.5 Å². The van der Waals surface area contributed by atoms with Crippen molar-refractivity contribution in [2.24, 2.45) is 0 Å². The third-order valence-corrected chi connectivity index (χ3v) is 5.88. The molecular formula is C23H25FN4O2. The summed E-state index contributed by atoms with van der Waals surface area (Å²) in [5, 5.41) is 4.46. The Bertz CT molecular complexity index is 1070. The van der Waals surface area contributed by atoms with Gasteiger partial charge in [0.2, 0.25) is 12.7 Å². The minimum atomic E-state index is -0.256. The molecule has 1 unspecified atom stereocenters. The van der Waals surface area contributed by atoms with Crippen molar-refractivity contribution in [1.82, 2.24) is 15.3 Å². The molecule has 2 aliphatic heterocycles. The zero-order valence-electron chi connectivity index (χ0n) is 17.0. The maximum Gasteiger partial charge on any atom is 0.231 e. The highest BCUT2D eigenvalue weighted by molar-refractivity contribution is 5.81. The minimum absolute atomic E-state index is 0.256. The number of halogens is 1. The zero-order valence-corrected chi connectivity index (χ0v) is 17.0. The van der Waals surface area contributed by atoms with Gasteiger partial charge in [-0.25, -0.2) is 14.4 Å². The first-order valence-corrected chi connectivity index (χ1v) is 10.5. The average Bonchev–Trinajstić information content (AvgIpc) is 3.09. The van der Waals surface area contributed by atoms with Crippen molar-refractivity contribution in [2.45, 2.75) is 38.8 Å². The van der Waals surface area contributed by atoms with Gasteiger partial charge in [-0.2, -0.15) is 0 Å². The van der Waals surface area contributed by atoms with E-state index in [1.807, 2.05) is 19.1 Å². The topological polar surface area (TPSA) is 59.5 Å². The number of ether oxygens (including phenoxy) is 2. The van der Waals surface area contributed by atoms with Gasteiger partial charge in [0.15, 0.2) is 11.5 Å². The van der Waals surface area contributed by atoms with Gasteiger partial charge in [0.05, 0.1) is 11.2 Å². The highest BCUT2D eigenvalue weighted by atomic mass is 19.1. The van der Waals surface area contributed by atoms with Gasteiger partial charge in [-0.1, -0.05) is 6.07 Å². The van der Waals surface area contributed by atoms with Crippen molar-refractivity contribution in [3.8, 4) is 11.5 Å². The van der Waals surface area contributed by atoms with E-state index < -0.39 is 0 Å². The lowest BCUT2D eigenvalue weighted by molar-refractivity contribution is 0.174. The van der Waals surface area contributed by atoms with Crippen LogP contribution in [0.3, 0.4) is 0 Å². The smallest absolute Gasteiger partial charge is 0.231 e. The second kappa shape index (κ2) is 8.07. The third-order valence-electron chi connectivity index (χ3n) is 5.88. The molecule has 7 heteroatoms. The molecule has 1 atom stereocenters. The van der Waals surface area contributed by atoms with Crippen LogP contribution in [-0.4, -0.2) is 35.9 Å². The van der Waals surface area contributed by atoms with Crippen LogP contribution in [0.4, 0.5) is 10.3 Å². The number of aromatic nitrogens is 2. The van der Waals surface area contributed by atoms with Gasteiger partial charge in [-0.3, -0.25) is 0 Å². The molecule has 0 amide bonds. The van der Waals surface area contributed by atoms with Crippen LogP contribution in [0.5, 0.6) is 11.5 Å². The molecule has 3 heterocycles. The average molecular weight is 408 g/mol. The SMILES string of the molecule is Cc1nc(N2CCCC(NCc3ccc4c(c3)OCO4)CC2)nc2ccc(F)cc12. The molecule has 0 spiro atoms. The fourth-order valence-corrected chi connectivity index (χ4v) is 4.19. The molecule has 1 aromatic heterocycles. The predicted molar refractivity (Wildman–Crippen MR) is 113 cm³/mol. The van der Waals surface area contributed by atoms with E-state index in [9.17, 15) is 4.39 Å². The van der Waals surface area contributed by atoms with Gasteiger partial charge in [0.25, 0.3) is 0 Å². The number of hydrogen-bond donors (Lipinski definition) is 1. The summed E-state index contributed by atoms with van der Waals surface area (Å²) in [6, 6.07) is 11.2. The molecule has 1 saturated heterocycles. The largest absolute Gasteiger partial charge is 0.454 e. The number of nitrogens with zero attached hydrogens (tertiary/aromatic N) is 3. The number of rotatable bonds is 4. The predicted octanol–water partition coefficient (Wildman–Crippen LogP) is 3.95. The number of anilines is 1. The fraction of sp³-hybridized carbons (Fsp3) is 0.391. The van der Waals surface area contributed by atoms with Crippen LogP contribution in [0.25, 0.3) is 10.9 Å². The third kappa shape index (κ3) is 3.89. The van der Waals surface area contributed by atoms with Crippen molar-refractivity contribution < 1.29 is 13.9 Å². The van der Waals surface area contributed by atoms with E-state index in [0.717, 1.165) is 72.9 Å². The van der Waals surface area contributed by atoms with Gasteiger partial charge >= 0.3 is 0 Å². The second-order valence-electron chi connectivity index (χ2n) is 7.95.